The fourth-order valence-electron chi connectivity index (χ4n) is 2.20. The van der Waals surface area contributed by atoms with Crippen molar-refractivity contribution < 1.29 is 9.90 Å². The fourth-order valence-corrected chi connectivity index (χ4v) is 2.20. The topological polar surface area (TPSA) is 66.0 Å². The van der Waals surface area contributed by atoms with Gasteiger partial charge in [-0.1, -0.05) is 23.8 Å². The summed E-state index contributed by atoms with van der Waals surface area (Å²) < 4.78 is 0. The van der Waals surface area contributed by atoms with E-state index in [0.717, 1.165) is 22.4 Å². The minimum absolute atomic E-state index is 0.293. The molecule has 0 spiro atoms. The number of aryl methyl sites for hydroxylation is 1. The molecule has 3 aromatic rings. The van der Waals surface area contributed by atoms with Crippen LogP contribution in [0.25, 0.3) is 22.4 Å². The Morgan fingerprint density at radius 3 is 2.85 bits per heavy atom. The lowest BCUT2D eigenvalue weighted by atomic mass is 10.1. The van der Waals surface area contributed by atoms with Crippen molar-refractivity contribution in [2.45, 2.75) is 6.92 Å². The molecule has 0 unspecified atom stereocenters. The van der Waals surface area contributed by atoms with Gasteiger partial charge in [0.1, 0.15) is 12.4 Å². The smallest absolute Gasteiger partial charge is 0.188 e. The number of nitrogens with one attached hydrogen (secondary N) is 1. The Morgan fingerprint density at radius 2 is 2.10 bits per heavy atom. The number of aromatic amines is 1. The predicted octanol–water partition coefficient (Wildman–Crippen LogP) is 2.71. The van der Waals surface area contributed by atoms with E-state index in [1.54, 1.807) is 18.2 Å². The van der Waals surface area contributed by atoms with Crippen LogP contribution in [0.3, 0.4) is 0 Å². The monoisotopic (exact) mass is 266 g/mol. The van der Waals surface area contributed by atoms with Crippen molar-refractivity contribution in [3.8, 4) is 11.4 Å². The van der Waals surface area contributed by atoms with Crippen LogP contribution in [0.1, 0.15) is 15.9 Å². The number of hydrogen-bond donors (Lipinski definition) is 2. The lowest BCUT2D eigenvalue weighted by Gasteiger charge is -1.97. The van der Waals surface area contributed by atoms with E-state index in [9.17, 15) is 4.79 Å². The quantitative estimate of drug-likeness (QED) is 0.716. The van der Waals surface area contributed by atoms with Gasteiger partial charge in [0.25, 0.3) is 0 Å². The van der Waals surface area contributed by atoms with Gasteiger partial charge >= 0.3 is 0 Å². The number of imidazole rings is 1. The highest BCUT2D eigenvalue weighted by Crippen LogP contribution is 2.22. The van der Waals surface area contributed by atoms with Crippen molar-refractivity contribution in [2.75, 3.05) is 6.61 Å². The number of nitrogens with zero attached hydrogens (tertiary/aromatic N) is 1. The molecule has 0 radical (unpaired) electrons. The van der Waals surface area contributed by atoms with Gasteiger partial charge in [0.05, 0.1) is 11.0 Å². The molecule has 0 aliphatic heterocycles. The standard InChI is InChI=1S/C16H14N2O2/c1-10-3-2-4-12(7-10)16-17-13-6-5-11(15(20)9-19)8-14(13)18-16/h2-8,19H,9H2,1H3,(H,17,18). The average molecular weight is 266 g/mol. The molecule has 3 rings (SSSR count). The first-order valence-corrected chi connectivity index (χ1v) is 6.38. The van der Waals surface area contributed by atoms with E-state index < -0.39 is 6.61 Å². The van der Waals surface area contributed by atoms with Crippen LogP contribution in [0.5, 0.6) is 0 Å². The second-order valence-corrected chi connectivity index (χ2v) is 4.77. The van der Waals surface area contributed by atoms with Crippen LogP contribution in [0.15, 0.2) is 42.5 Å². The summed E-state index contributed by atoms with van der Waals surface area (Å²) in [7, 11) is 0. The van der Waals surface area contributed by atoms with Crippen molar-refractivity contribution in [1.29, 1.82) is 0 Å². The summed E-state index contributed by atoms with van der Waals surface area (Å²) in [4.78, 5) is 19.2. The molecule has 0 bridgehead atoms. The van der Waals surface area contributed by atoms with Crippen LogP contribution >= 0.6 is 0 Å². The Hall–Kier alpha value is -2.46. The van der Waals surface area contributed by atoms with E-state index in [4.69, 9.17) is 5.11 Å². The first-order chi connectivity index (χ1) is 9.67. The maximum Gasteiger partial charge on any atom is 0.188 e. The minimum Gasteiger partial charge on any atom is -0.388 e. The molecule has 0 saturated carbocycles. The molecule has 0 aliphatic rings. The van der Waals surface area contributed by atoms with Gasteiger partial charge in [-0.15, -0.1) is 0 Å². The fraction of sp³-hybridized carbons (Fsp3) is 0.125. The van der Waals surface area contributed by atoms with Gasteiger partial charge in [0.2, 0.25) is 0 Å². The molecule has 1 aromatic heterocycles. The lowest BCUT2D eigenvalue weighted by molar-refractivity contribution is 0.0904. The van der Waals surface area contributed by atoms with Crippen molar-refractivity contribution in [3.05, 3.63) is 53.6 Å². The van der Waals surface area contributed by atoms with Gasteiger partial charge in [-0.25, -0.2) is 4.98 Å². The number of aliphatic hydroxyl groups is 1. The van der Waals surface area contributed by atoms with E-state index in [1.807, 2.05) is 25.1 Å². The summed E-state index contributed by atoms with van der Waals surface area (Å²) in [5, 5.41) is 8.90. The molecule has 0 fully saturated rings. The van der Waals surface area contributed by atoms with E-state index in [-0.39, 0.29) is 5.78 Å². The number of aromatic nitrogens is 2. The minimum atomic E-state index is -0.482. The number of carbonyl (C=O) groups is 1. The highest BCUT2D eigenvalue weighted by atomic mass is 16.3. The van der Waals surface area contributed by atoms with Gasteiger partial charge in [-0.05, 0) is 31.2 Å². The van der Waals surface area contributed by atoms with Crippen LogP contribution in [0, 0.1) is 6.92 Å². The van der Waals surface area contributed by atoms with E-state index in [0.29, 0.717) is 5.56 Å². The van der Waals surface area contributed by atoms with Gasteiger partial charge in [0.15, 0.2) is 5.78 Å². The second kappa shape index (κ2) is 4.90. The number of fused-ring (bicyclic) bond motifs is 1. The first-order valence-electron chi connectivity index (χ1n) is 6.38. The number of rotatable bonds is 3. The first kappa shape index (κ1) is 12.6. The summed E-state index contributed by atoms with van der Waals surface area (Å²) in [5.41, 5.74) is 4.26. The molecule has 0 aliphatic carbocycles. The molecular formula is C16H14N2O2. The summed E-state index contributed by atoms with van der Waals surface area (Å²) in [6, 6.07) is 13.3. The van der Waals surface area contributed by atoms with E-state index in [2.05, 4.69) is 16.0 Å². The SMILES string of the molecule is Cc1cccc(-c2nc3ccc(C(=O)CO)cc3[nH]2)c1. The normalized spacial score (nSPS) is 10.9. The van der Waals surface area contributed by atoms with Crippen molar-refractivity contribution in [3.63, 3.8) is 0 Å². The third-order valence-electron chi connectivity index (χ3n) is 3.24. The molecule has 4 nitrogen and oxygen atoms in total. The average Bonchev–Trinajstić information content (AvgIpc) is 2.89. The zero-order valence-corrected chi connectivity index (χ0v) is 11.1. The van der Waals surface area contributed by atoms with Crippen LogP contribution in [-0.2, 0) is 0 Å². The number of aliphatic hydroxyl groups excluding tert-OH is 1. The highest BCUT2D eigenvalue weighted by Gasteiger charge is 2.09. The molecule has 20 heavy (non-hydrogen) atoms. The van der Waals surface area contributed by atoms with Crippen LogP contribution in [-0.4, -0.2) is 27.5 Å². The molecule has 0 amide bonds. The Bertz CT molecular complexity index is 790. The number of H-pyrrole nitrogens is 1. The van der Waals surface area contributed by atoms with Crippen LogP contribution in [0.2, 0.25) is 0 Å². The van der Waals surface area contributed by atoms with Crippen molar-refractivity contribution >= 4 is 16.8 Å². The third kappa shape index (κ3) is 2.21. The molecule has 2 aromatic carbocycles. The maximum atomic E-state index is 11.5. The number of hydrogen-bond acceptors (Lipinski definition) is 3. The maximum absolute atomic E-state index is 11.5. The summed E-state index contributed by atoms with van der Waals surface area (Å²) in [5.74, 6) is 0.482. The zero-order valence-electron chi connectivity index (χ0n) is 11.1. The summed E-state index contributed by atoms with van der Waals surface area (Å²) >= 11 is 0. The van der Waals surface area contributed by atoms with Crippen molar-refractivity contribution in [2.24, 2.45) is 0 Å². The Labute approximate surface area is 116 Å². The summed E-state index contributed by atoms with van der Waals surface area (Å²) in [6.45, 7) is 1.55. The number of carbonyl (C=O) groups excluding carboxylic acids is 1. The summed E-state index contributed by atoms with van der Waals surface area (Å²) in [6.07, 6.45) is 0. The van der Waals surface area contributed by atoms with E-state index in [1.165, 1.54) is 5.56 Å². The lowest BCUT2D eigenvalue weighted by Crippen LogP contribution is -2.03. The van der Waals surface area contributed by atoms with Gasteiger partial charge in [-0.3, -0.25) is 4.79 Å². The van der Waals surface area contributed by atoms with Gasteiger partial charge < -0.3 is 10.1 Å². The number of benzene rings is 2. The predicted molar refractivity (Wildman–Crippen MR) is 77.7 cm³/mol. The van der Waals surface area contributed by atoms with Crippen molar-refractivity contribution in [1.82, 2.24) is 9.97 Å². The van der Waals surface area contributed by atoms with Crippen LogP contribution in [0.4, 0.5) is 0 Å². The Morgan fingerprint density at radius 1 is 1.25 bits per heavy atom. The second-order valence-electron chi connectivity index (χ2n) is 4.77. The molecule has 2 N–H and O–H groups in total. The molecular weight excluding hydrogens is 252 g/mol. The Balaban J connectivity index is 2.09. The van der Waals surface area contributed by atoms with E-state index >= 15 is 0 Å². The third-order valence-corrected chi connectivity index (χ3v) is 3.24. The van der Waals surface area contributed by atoms with Gasteiger partial charge in [0, 0.05) is 11.1 Å². The molecule has 1 heterocycles. The Kier molecular flexibility index (Phi) is 3.08. The molecule has 4 heteroatoms. The molecule has 0 saturated heterocycles. The number of Topliss-reactive ketones (excluding diaryl/α,β-unsaturated/α-hetero) is 1. The largest absolute Gasteiger partial charge is 0.388 e. The number of ketones is 1. The van der Waals surface area contributed by atoms with Crippen LogP contribution < -0.4 is 0 Å². The highest BCUT2D eigenvalue weighted by molar-refractivity contribution is 5.99. The molecule has 0 atom stereocenters. The zero-order chi connectivity index (χ0) is 14.1. The molecule has 100 valence electrons. The van der Waals surface area contributed by atoms with Gasteiger partial charge in [-0.2, -0.15) is 0 Å².